The summed E-state index contributed by atoms with van der Waals surface area (Å²) in [5, 5.41) is 2.87. The molecule has 0 bridgehead atoms. The van der Waals surface area contributed by atoms with Crippen LogP contribution in [0.5, 0.6) is 0 Å². The second-order valence-corrected chi connectivity index (χ2v) is 8.28. The molecule has 2 amide bonds. The average molecular weight is 405 g/mol. The van der Waals surface area contributed by atoms with Crippen LogP contribution in [0, 0.1) is 0 Å². The maximum absolute atomic E-state index is 13.0. The van der Waals surface area contributed by atoms with Crippen LogP contribution in [0.3, 0.4) is 0 Å². The molecule has 29 heavy (non-hydrogen) atoms. The zero-order chi connectivity index (χ0) is 21.1. The summed E-state index contributed by atoms with van der Waals surface area (Å²) in [6.07, 6.45) is 3.52. The highest BCUT2D eigenvalue weighted by Crippen LogP contribution is 2.25. The van der Waals surface area contributed by atoms with E-state index >= 15 is 0 Å². The highest BCUT2D eigenvalue weighted by molar-refractivity contribution is 5.77. The highest BCUT2D eigenvalue weighted by atomic mass is 16.2. The molecule has 1 aromatic rings. The Balaban J connectivity index is 1.60. The molecule has 160 valence electrons. The number of aromatic nitrogens is 2. The Bertz CT molecular complexity index is 821. The molecule has 1 saturated heterocycles. The van der Waals surface area contributed by atoms with E-state index in [0.29, 0.717) is 50.4 Å². The molecule has 1 aromatic heterocycles. The molecule has 0 radical (unpaired) electrons. The molecule has 0 spiro atoms. The van der Waals surface area contributed by atoms with Crippen LogP contribution < -0.4 is 15.8 Å². The SMILES string of the molecule is CC(=O)NC[C@H]1CC[C@@H](CC(=O)N2CCc3nc(N(C)C)[nH]c(=O)c3CC2)N1C. The summed E-state index contributed by atoms with van der Waals surface area (Å²) < 4.78 is 0. The number of amides is 2. The third-order valence-corrected chi connectivity index (χ3v) is 6.10. The number of hydrogen-bond acceptors (Lipinski definition) is 6. The number of fused-ring (bicyclic) bond motifs is 1. The second kappa shape index (κ2) is 8.94. The van der Waals surface area contributed by atoms with Crippen LogP contribution in [-0.4, -0.2) is 84.4 Å². The lowest BCUT2D eigenvalue weighted by Gasteiger charge is -2.28. The van der Waals surface area contributed by atoms with Crippen LogP contribution in [0.15, 0.2) is 4.79 Å². The Hall–Kier alpha value is -2.42. The smallest absolute Gasteiger partial charge is 0.255 e. The number of H-pyrrole nitrogens is 1. The van der Waals surface area contributed by atoms with Gasteiger partial charge in [-0.25, -0.2) is 4.98 Å². The minimum atomic E-state index is -0.107. The van der Waals surface area contributed by atoms with Gasteiger partial charge >= 0.3 is 0 Å². The van der Waals surface area contributed by atoms with Gasteiger partial charge in [-0.05, 0) is 26.3 Å². The number of nitrogens with zero attached hydrogens (tertiary/aromatic N) is 4. The van der Waals surface area contributed by atoms with Crippen molar-refractivity contribution in [3.63, 3.8) is 0 Å². The monoisotopic (exact) mass is 404 g/mol. The van der Waals surface area contributed by atoms with Gasteiger partial charge in [0.05, 0.1) is 5.69 Å². The van der Waals surface area contributed by atoms with Crippen LogP contribution in [0.2, 0.25) is 0 Å². The molecule has 2 aliphatic rings. The molecule has 9 heteroatoms. The third kappa shape index (κ3) is 4.95. The lowest BCUT2D eigenvalue weighted by atomic mass is 10.1. The number of nitrogens with one attached hydrogen (secondary N) is 2. The molecular weight excluding hydrogens is 372 g/mol. The van der Waals surface area contributed by atoms with Crippen LogP contribution >= 0.6 is 0 Å². The highest BCUT2D eigenvalue weighted by Gasteiger charge is 2.33. The van der Waals surface area contributed by atoms with E-state index in [4.69, 9.17) is 0 Å². The number of carbonyl (C=O) groups is 2. The largest absolute Gasteiger partial charge is 0.355 e. The summed E-state index contributed by atoms with van der Waals surface area (Å²) in [6.45, 7) is 3.28. The van der Waals surface area contributed by atoms with E-state index in [1.165, 1.54) is 6.92 Å². The van der Waals surface area contributed by atoms with Crippen molar-refractivity contribution in [3.8, 4) is 0 Å². The molecule has 3 heterocycles. The van der Waals surface area contributed by atoms with E-state index in [-0.39, 0.29) is 29.5 Å². The number of anilines is 1. The predicted octanol–water partition coefficient (Wildman–Crippen LogP) is -0.248. The number of likely N-dealkylation sites (N-methyl/N-ethyl adjacent to an activating group) is 1. The Morgan fingerprint density at radius 3 is 2.59 bits per heavy atom. The Labute approximate surface area is 171 Å². The predicted molar refractivity (Wildman–Crippen MR) is 111 cm³/mol. The van der Waals surface area contributed by atoms with Crippen LogP contribution in [0.25, 0.3) is 0 Å². The van der Waals surface area contributed by atoms with E-state index < -0.39 is 0 Å². The Kier molecular flexibility index (Phi) is 6.56. The van der Waals surface area contributed by atoms with Gasteiger partial charge in [0.25, 0.3) is 5.56 Å². The van der Waals surface area contributed by atoms with Crippen LogP contribution in [0.1, 0.15) is 37.4 Å². The minimum Gasteiger partial charge on any atom is -0.355 e. The average Bonchev–Trinajstić information content (AvgIpc) is 2.87. The molecule has 0 unspecified atom stereocenters. The summed E-state index contributed by atoms with van der Waals surface area (Å²) in [5.74, 6) is 0.647. The fraction of sp³-hybridized carbons (Fsp3) is 0.700. The first-order chi connectivity index (χ1) is 13.8. The molecule has 0 aromatic carbocycles. The van der Waals surface area contributed by atoms with Crippen molar-refractivity contribution in [2.45, 2.75) is 51.1 Å². The van der Waals surface area contributed by atoms with E-state index in [2.05, 4.69) is 20.2 Å². The van der Waals surface area contributed by atoms with Gasteiger partial charge in [0.2, 0.25) is 17.8 Å². The van der Waals surface area contributed by atoms with Gasteiger partial charge in [0.1, 0.15) is 0 Å². The molecular formula is C20H32N6O3. The van der Waals surface area contributed by atoms with Crippen molar-refractivity contribution >= 4 is 17.8 Å². The van der Waals surface area contributed by atoms with Crippen molar-refractivity contribution in [2.75, 3.05) is 45.7 Å². The van der Waals surface area contributed by atoms with Crippen LogP contribution in [0.4, 0.5) is 5.95 Å². The molecule has 0 aliphatic carbocycles. The normalized spacial score (nSPS) is 22.1. The molecule has 2 aliphatic heterocycles. The zero-order valence-electron chi connectivity index (χ0n) is 17.8. The first-order valence-electron chi connectivity index (χ1n) is 10.3. The summed E-state index contributed by atoms with van der Waals surface area (Å²) in [6, 6.07) is 0.464. The summed E-state index contributed by atoms with van der Waals surface area (Å²) in [4.78, 5) is 49.8. The van der Waals surface area contributed by atoms with Crippen LogP contribution in [-0.2, 0) is 22.4 Å². The molecule has 1 fully saturated rings. The third-order valence-electron chi connectivity index (χ3n) is 6.10. The van der Waals surface area contributed by atoms with Crippen molar-refractivity contribution in [3.05, 3.63) is 21.6 Å². The number of aromatic amines is 1. The topological polar surface area (TPSA) is 102 Å². The van der Waals surface area contributed by atoms with Crippen molar-refractivity contribution in [2.24, 2.45) is 0 Å². The fourth-order valence-corrected chi connectivity index (χ4v) is 4.23. The number of likely N-dealkylation sites (tertiary alicyclic amines) is 1. The van der Waals surface area contributed by atoms with Crippen molar-refractivity contribution in [1.29, 1.82) is 0 Å². The summed E-state index contributed by atoms with van der Waals surface area (Å²) in [7, 11) is 5.71. The molecule has 3 rings (SSSR count). The maximum Gasteiger partial charge on any atom is 0.255 e. The zero-order valence-corrected chi connectivity index (χ0v) is 17.8. The van der Waals surface area contributed by atoms with E-state index in [1.807, 2.05) is 26.0 Å². The van der Waals surface area contributed by atoms with Gasteiger partial charge in [-0.1, -0.05) is 0 Å². The molecule has 0 saturated carbocycles. The summed E-state index contributed by atoms with van der Waals surface area (Å²) >= 11 is 0. The van der Waals surface area contributed by atoms with Gasteiger partial charge in [-0.15, -0.1) is 0 Å². The van der Waals surface area contributed by atoms with E-state index in [9.17, 15) is 14.4 Å². The Morgan fingerprint density at radius 1 is 1.21 bits per heavy atom. The van der Waals surface area contributed by atoms with Gasteiger partial charge in [0, 0.05) is 71.1 Å². The van der Waals surface area contributed by atoms with Crippen molar-refractivity contribution in [1.82, 2.24) is 25.1 Å². The quantitative estimate of drug-likeness (QED) is 0.702. The lowest BCUT2D eigenvalue weighted by Crippen LogP contribution is -2.43. The van der Waals surface area contributed by atoms with Gasteiger partial charge < -0.3 is 15.1 Å². The number of rotatable bonds is 5. The number of carbonyl (C=O) groups excluding carboxylic acids is 2. The van der Waals surface area contributed by atoms with E-state index in [0.717, 1.165) is 18.5 Å². The van der Waals surface area contributed by atoms with Crippen molar-refractivity contribution < 1.29 is 9.59 Å². The van der Waals surface area contributed by atoms with Gasteiger partial charge in [-0.2, -0.15) is 0 Å². The second-order valence-electron chi connectivity index (χ2n) is 8.28. The first-order valence-corrected chi connectivity index (χ1v) is 10.3. The molecule has 2 atom stereocenters. The lowest BCUT2D eigenvalue weighted by molar-refractivity contribution is -0.132. The number of hydrogen-bond donors (Lipinski definition) is 2. The molecule has 9 nitrogen and oxygen atoms in total. The van der Waals surface area contributed by atoms with E-state index in [1.54, 1.807) is 4.90 Å². The standard InChI is InChI=1S/C20H32N6O3/c1-13(27)21-12-15-6-5-14(25(15)4)11-18(28)26-9-7-16-17(8-10-26)22-20(24(2)3)23-19(16)29/h14-15H,5-12H2,1-4H3,(H,21,27)(H,22,23,29)/t14-,15+/m0/s1. The van der Waals surface area contributed by atoms with Gasteiger partial charge in [-0.3, -0.25) is 24.3 Å². The summed E-state index contributed by atoms with van der Waals surface area (Å²) in [5.41, 5.74) is 1.38. The fourth-order valence-electron chi connectivity index (χ4n) is 4.23. The maximum atomic E-state index is 13.0. The Morgan fingerprint density at radius 2 is 1.90 bits per heavy atom. The first kappa shape index (κ1) is 21.3. The minimum absolute atomic E-state index is 0.0249. The van der Waals surface area contributed by atoms with Gasteiger partial charge in [0.15, 0.2) is 0 Å². The molecule has 2 N–H and O–H groups in total.